The van der Waals surface area contributed by atoms with Crippen molar-refractivity contribution in [3.63, 3.8) is 0 Å². The van der Waals surface area contributed by atoms with Crippen LogP contribution in [0, 0.1) is 30.7 Å². The van der Waals surface area contributed by atoms with Crippen LogP contribution in [0.3, 0.4) is 0 Å². The minimum atomic E-state index is -2.31. The molecule has 252 valence electrons. The number of aromatic nitrogens is 1. The molecule has 0 unspecified atom stereocenters. The minimum absolute atomic E-state index is 0. The van der Waals surface area contributed by atoms with Gasteiger partial charge in [-0.05, 0) is 102 Å². The molecule has 0 N–H and O–H groups in total. The third-order valence-electron chi connectivity index (χ3n) is 8.65. The fourth-order valence-corrected chi connectivity index (χ4v) is 6.09. The van der Waals surface area contributed by atoms with Crippen LogP contribution in [0.4, 0.5) is 11.4 Å². The molecule has 1 aromatic heterocycles. The molecule has 4 aromatic carbocycles. The van der Waals surface area contributed by atoms with E-state index in [2.05, 4.69) is 70.8 Å². The second kappa shape index (κ2) is 15.0. The fourth-order valence-electron chi connectivity index (χ4n) is 6.09. The van der Waals surface area contributed by atoms with Gasteiger partial charge in [0.1, 0.15) is 0 Å². The number of nitriles is 1. The van der Waals surface area contributed by atoms with Crippen LogP contribution in [0.2, 0.25) is 0 Å². The summed E-state index contributed by atoms with van der Waals surface area (Å²) in [5.41, 5.74) is 9.80. The normalized spacial score (nSPS) is 16.3. The van der Waals surface area contributed by atoms with Gasteiger partial charge in [0.05, 0.1) is 11.6 Å². The quantitative estimate of drug-likeness (QED) is 0.159. The van der Waals surface area contributed by atoms with Crippen molar-refractivity contribution in [2.24, 2.45) is 0 Å². The van der Waals surface area contributed by atoms with Gasteiger partial charge in [-0.1, -0.05) is 84.0 Å². The number of anilines is 2. The molecule has 0 saturated heterocycles. The first kappa shape index (κ1) is 28.4. The Kier molecular flexibility index (Phi) is 8.67. The van der Waals surface area contributed by atoms with E-state index in [0.717, 1.165) is 32.9 Å². The molecule has 0 aliphatic carbocycles. The van der Waals surface area contributed by atoms with Crippen molar-refractivity contribution in [1.82, 2.24) is 14.8 Å². The van der Waals surface area contributed by atoms with Gasteiger partial charge in [-0.3, -0.25) is 0 Å². The summed E-state index contributed by atoms with van der Waals surface area (Å²) in [6.45, 7) is 11.6. The molecule has 3 heterocycles. The topological polar surface area (TPSA) is 50.9 Å². The van der Waals surface area contributed by atoms with E-state index in [1.807, 2.05) is 48.5 Å². The first-order valence-electron chi connectivity index (χ1n) is 19.3. The van der Waals surface area contributed by atoms with E-state index in [4.69, 9.17) is 13.5 Å². The van der Waals surface area contributed by atoms with Crippen molar-refractivity contribution in [3.05, 3.63) is 133 Å². The average Bonchev–Trinajstić information content (AvgIpc) is 3.90. The summed E-state index contributed by atoms with van der Waals surface area (Å²) in [4.78, 5) is 10.3. The van der Waals surface area contributed by atoms with Crippen molar-refractivity contribution >= 4 is 33.2 Å². The third kappa shape index (κ3) is 7.58. The smallest absolute Gasteiger partial charge is 0.657 e. The number of nitrogens with zero attached hydrogens (tertiary/aromatic N) is 6. The maximum atomic E-state index is 8.84. The van der Waals surface area contributed by atoms with Crippen LogP contribution in [0.15, 0.2) is 91.5 Å². The molecule has 0 atom stereocenters. The van der Waals surface area contributed by atoms with E-state index in [-0.39, 0.29) is 32.9 Å². The maximum absolute atomic E-state index is 8.84. The van der Waals surface area contributed by atoms with Crippen LogP contribution in [0.5, 0.6) is 0 Å². The molecule has 7 heteroatoms. The summed E-state index contributed by atoms with van der Waals surface area (Å²) < 4.78 is 46.7. The number of hydrogen-bond acceptors (Lipinski definition) is 5. The summed E-state index contributed by atoms with van der Waals surface area (Å²) in [7, 11) is 0. The Hall–Kier alpha value is -4.46. The number of rotatable bonds is 6. The molecule has 49 heavy (non-hydrogen) atoms. The van der Waals surface area contributed by atoms with Gasteiger partial charge >= 0.3 is 21.1 Å². The Morgan fingerprint density at radius 2 is 1.29 bits per heavy atom. The van der Waals surface area contributed by atoms with Gasteiger partial charge in [-0.25, -0.2) is 0 Å². The number of para-hydroxylation sites is 1. The molecule has 6 nitrogen and oxygen atoms in total. The first-order chi connectivity index (χ1) is 25.4. The van der Waals surface area contributed by atoms with Crippen LogP contribution in [-0.4, -0.2) is 23.8 Å². The van der Waals surface area contributed by atoms with E-state index < -0.39 is 14.0 Å². The number of fused-ring (bicyclic) bond motifs is 3. The summed E-state index contributed by atoms with van der Waals surface area (Å²) in [5.74, 6) is 0.913. The van der Waals surface area contributed by atoms with Crippen LogP contribution < -0.4 is 14.8 Å². The Bertz CT molecular complexity index is 2180. The Balaban J connectivity index is 0.000000300. The van der Waals surface area contributed by atoms with Gasteiger partial charge in [0.25, 0.3) is 0 Å². The van der Waals surface area contributed by atoms with Crippen LogP contribution >= 0.6 is 0 Å². The van der Waals surface area contributed by atoms with Crippen molar-refractivity contribution in [2.75, 3.05) is 23.8 Å². The molecule has 0 bridgehead atoms. The second-order valence-corrected chi connectivity index (χ2v) is 13.1. The van der Waals surface area contributed by atoms with E-state index in [9.17, 15) is 0 Å². The maximum Gasteiger partial charge on any atom is 4.00 e. The predicted molar refractivity (Wildman–Crippen MR) is 200 cm³/mol. The van der Waals surface area contributed by atoms with E-state index in [0.29, 0.717) is 22.9 Å². The summed E-state index contributed by atoms with van der Waals surface area (Å²) in [6.07, 6.45) is 6.42. The van der Waals surface area contributed by atoms with Gasteiger partial charge in [-0.2, -0.15) is 18.6 Å². The number of hydrogen-bond donors (Lipinski definition) is 0. The van der Waals surface area contributed by atoms with Gasteiger partial charge in [0.15, 0.2) is 0 Å². The Morgan fingerprint density at radius 3 is 1.80 bits per heavy atom. The minimum Gasteiger partial charge on any atom is -0.657 e. The fraction of sp³-hybridized carbons (Fsp3) is 0.262. The van der Waals surface area contributed by atoms with Crippen molar-refractivity contribution in [1.29, 1.82) is 5.26 Å². The molecule has 0 saturated carbocycles. The monoisotopic (exact) mass is 833 g/mol. The molecular formula is C42H44N6Pt. The van der Waals surface area contributed by atoms with Crippen molar-refractivity contribution < 1.29 is 29.3 Å². The zero-order chi connectivity index (χ0) is 39.1. The predicted octanol–water partition coefficient (Wildman–Crippen LogP) is 10.0. The summed E-state index contributed by atoms with van der Waals surface area (Å²) >= 11 is 0. The van der Waals surface area contributed by atoms with E-state index in [1.165, 1.54) is 52.2 Å². The first-order valence-corrected chi connectivity index (χ1v) is 16.3. The van der Waals surface area contributed by atoms with Crippen molar-refractivity contribution in [2.45, 2.75) is 59.3 Å². The Morgan fingerprint density at radius 1 is 0.714 bits per heavy atom. The zero-order valence-electron chi connectivity index (χ0n) is 34.5. The molecule has 0 spiro atoms. The second-order valence-electron chi connectivity index (χ2n) is 13.1. The van der Waals surface area contributed by atoms with Crippen LogP contribution in [0.1, 0.15) is 89.8 Å². The largest absolute Gasteiger partial charge is 4.00 e. The molecule has 0 radical (unpaired) electrons. The van der Waals surface area contributed by atoms with Crippen LogP contribution in [0.25, 0.3) is 32.9 Å². The summed E-state index contributed by atoms with van der Waals surface area (Å²) in [6, 6.07) is 27.7. The Labute approximate surface area is 315 Å². The number of benzene rings is 4. The van der Waals surface area contributed by atoms with E-state index >= 15 is 0 Å². The zero-order valence-corrected chi connectivity index (χ0v) is 30.8. The molecule has 0 fully saturated rings. The van der Waals surface area contributed by atoms with Gasteiger partial charge in [0, 0.05) is 8.22 Å². The average molecular weight is 834 g/mol. The van der Waals surface area contributed by atoms with Crippen LogP contribution in [-0.2, 0) is 21.1 Å². The summed E-state index contributed by atoms with van der Waals surface area (Å²) in [5, 5.41) is 11.0. The third-order valence-corrected chi connectivity index (χ3v) is 8.65. The van der Waals surface area contributed by atoms with Gasteiger partial charge in [-0.15, -0.1) is 46.2 Å². The van der Waals surface area contributed by atoms with Gasteiger partial charge < -0.3 is 24.6 Å². The van der Waals surface area contributed by atoms with Crippen molar-refractivity contribution in [3.8, 4) is 17.2 Å². The molecule has 5 aromatic rings. The molecule has 0 amide bonds. The standard InChI is InChI=1S/C29H37N4.C13H7N2.Pt/c1-20(2)23-15-27(21(3)4)29(28(16-23)22(5)6)24-13-25(32-11-9-30(7)18-32)17-26(14-24)33-12-10-31(8)19-33;14-8-9-5-6-13-11(7-9)10-3-1-2-4-12(10)15-13;/h9-16,18-22H,1-8H3;1-7H;/q-3;-1;+4/i7D3,8D3;;. The molecule has 2 aliphatic rings. The molecule has 7 rings (SSSR count). The van der Waals surface area contributed by atoms with E-state index in [1.54, 1.807) is 28.3 Å². The molecule has 2 aliphatic heterocycles. The molecular weight excluding hydrogens is 784 g/mol. The van der Waals surface area contributed by atoms with Gasteiger partial charge in [0.2, 0.25) is 0 Å². The SMILES string of the molecule is N#Cc1ccc2[n-]c3ccccc3c2c1.[2H]C([2H])([2H])N1C=CN(c2[c-]c(N3C=CN(C([2H])([2H])[2H])[CH-]3)cc(-c3c(C(C)C)cc(C(C)C)cc3C(C)C)c2)[CH-]1.[Pt+4].